The topological polar surface area (TPSA) is 57.1 Å². The van der Waals surface area contributed by atoms with Gasteiger partial charge in [-0.1, -0.05) is 18.6 Å². The van der Waals surface area contributed by atoms with E-state index in [1.54, 1.807) is 0 Å². The number of rotatable bonds is 9. The van der Waals surface area contributed by atoms with Crippen LogP contribution in [0.2, 0.25) is 0 Å². The molecule has 0 spiro atoms. The number of aliphatic hydroxyl groups excluding tert-OH is 2. The molecule has 0 unspecified atom stereocenters. The Morgan fingerprint density at radius 1 is 1.31 bits per heavy atom. The van der Waals surface area contributed by atoms with Gasteiger partial charge in [-0.3, -0.25) is 0 Å². The van der Waals surface area contributed by atoms with Crippen LogP contribution in [0.4, 0.5) is 0 Å². The molecule has 4 N–H and O–H groups in total. The lowest BCUT2D eigenvalue weighted by molar-refractivity contribution is -0.662. The third-order valence-electron chi connectivity index (χ3n) is 2.73. The maximum absolute atomic E-state index is 9.14. The maximum atomic E-state index is 9.14. The summed E-state index contributed by atoms with van der Waals surface area (Å²) in [6, 6.07) is 0. The predicted octanol–water partition coefficient (Wildman–Crippen LogP) is 0.676. The fourth-order valence-corrected chi connectivity index (χ4v) is 1.59. The average Bonchev–Trinajstić information content (AvgIpc) is 2.23. The van der Waals surface area contributed by atoms with Gasteiger partial charge in [0, 0.05) is 0 Å². The van der Waals surface area contributed by atoms with Crippen molar-refractivity contribution >= 4 is 0 Å². The van der Waals surface area contributed by atoms with Crippen molar-refractivity contribution in [3.8, 4) is 0 Å². The minimum atomic E-state index is -0.569. The van der Waals surface area contributed by atoms with Crippen molar-refractivity contribution in [3.63, 3.8) is 0 Å². The molecule has 0 fully saturated rings. The summed E-state index contributed by atoms with van der Waals surface area (Å²) in [7, 11) is 0. The molecule has 0 aromatic rings. The molecule has 0 amide bonds. The molecule has 0 saturated carbocycles. The number of hydrogen-bond donors (Lipinski definition) is 3. The first-order valence-electron chi connectivity index (χ1n) is 6.30. The number of allylic oxidation sites excluding steroid dienone is 2. The van der Waals surface area contributed by atoms with Crippen molar-refractivity contribution in [2.24, 2.45) is 5.92 Å². The highest BCUT2D eigenvalue weighted by Gasteiger charge is 2.05. The lowest BCUT2D eigenvalue weighted by Gasteiger charge is -2.10. The fraction of sp³-hybridized carbons (Fsp3) is 0.846. The first-order valence-corrected chi connectivity index (χ1v) is 6.30. The van der Waals surface area contributed by atoms with Gasteiger partial charge in [-0.05, 0) is 39.0 Å². The van der Waals surface area contributed by atoms with Gasteiger partial charge in [0.05, 0.1) is 13.2 Å². The molecule has 16 heavy (non-hydrogen) atoms. The van der Waals surface area contributed by atoms with Gasteiger partial charge in [0.2, 0.25) is 0 Å². The number of aliphatic hydroxyl groups is 2. The Balaban J connectivity index is 3.37. The Hall–Kier alpha value is -0.380. The highest BCUT2D eigenvalue weighted by molar-refractivity contribution is 4.92. The second-order valence-electron chi connectivity index (χ2n) is 4.90. The molecule has 0 aliphatic rings. The van der Waals surface area contributed by atoms with E-state index in [4.69, 9.17) is 10.2 Å². The minimum Gasteiger partial charge on any atom is -0.393 e. The third kappa shape index (κ3) is 10.1. The van der Waals surface area contributed by atoms with Gasteiger partial charge in [0.1, 0.15) is 12.6 Å². The van der Waals surface area contributed by atoms with Crippen molar-refractivity contribution in [1.29, 1.82) is 0 Å². The molecule has 0 heterocycles. The standard InChI is InChI=1S/C13H27NO2/c1-11(2)5-4-6-12(3)7-8-14-9-13(16)10-15/h5,12-16H,4,6-10H2,1-3H3/p+1/t12-,13+/m1/s1. The molecule has 3 nitrogen and oxygen atoms in total. The molecule has 0 radical (unpaired) electrons. The van der Waals surface area contributed by atoms with Crippen LogP contribution in [0.3, 0.4) is 0 Å². The van der Waals surface area contributed by atoms with E-state index in [9.17, 15) is 0 Å². The first kappa shape index (κ1) is 15.6. The fourth-order valence-electron chi connectivity index (χ4n) is 1.59. The van der Waals surface area contributed by atoms with E-state index in [0.29, 0.717) is 6.54 Å². The number of quaternary nitrogens is 1. The molecular weight excluding hydrogens is 202 g/mol. The van der Waals surface area contributed by atoms with E-state index in [0.717, 1.165) is 12.5 Å². The summed E-state index contributed by atoms with van der Waals surface area (Å²) in [5, 5.41) is 19.9. The Kier molecular flexibility index (Phi) is 9.59. The third-order valence-corrected chi connectivity index (χ3v) is 2.73. The summed E-state index contributed by atoms with van der Waals surface area (Å²) in [5.41, 5.74) is 1.39. The molecule has 0 saturated heterocycles. The molecule has 96 valence electrons. The molecule has 0 bridgehead atoms. The lowest BCUT2D eigenvalue weighted by Crippen LogP contribution is -2.86. The van der Waals surface area contributed by atoms with E-state index >= 15 is 0 Å². The lowest BCUT2D eigenvalue weighted by atomic mass is 10.0. The molecule has 3 heteroatoms. The summed E-state index contributed by atoms with van der Waals surface area (Å²) in [6.07, 6.45) is 5.30. The Morgan fingerprint density at radius 3 is 2.56 bits per heavy atom. The molecule has 2 atom stereocenters. The Labute approximate surface area is 99.6 Å². The van der Waals surface area contributed by atoms with E-state index in [1.165, 1.54) is 24.8 Å². The summed E-state index contributed by atoms with van der Waals surface area (Å²) >= 11 is 0. The zero-order chi connectivity index (χ0) is 12.4. The van der Waals surface area contributed by atoms with Crippen LogP contribution in [-0.2, 0) is 0 Å². The zero-order valence-corrected chi connectivity index (χ0v) is 10.9. The van der Waals surface area contributed by atoms with Gasteiger partial charge in [-0.15, -0.1) is 0 Å². The summed E-state index contributed by atoms with van der Waals surface area (Å²) in [5.74, 6) is 0.734. The van der Waals surface area contributed by atoms with E-state index in [1.807, 2.05) is 0 Å². The first-order chi connectivity index (χ1) is 7.56. The predicted molar refractivity (Wildman–Crippen MR) is 67.2 cm³/mol. The van der Waals surface area contributed by atoms with E-state index in [2.05, 4.69) is 32.2 Å². The van der Waals surface area contributed by atoms with Crippen LogP contribution in [0, 0.1) is 5.92 Å². The van der Waals surface area contributed by atoms with Gasteiger partial charge in [0.25, 0.3) is 0 Å². The van der Waals surface area contributed by atoms with Crippen LogP contribution in [0.1, 0.15) is 40.0 Å². The molecule has 0 aromatic heterocycles. The summed E-state index contributed by atoms with van der Waals surface area (Å²) in [4.78, 5) is 0. The van der Waals surface area contributed by atoms with Crippen LogP contribution in [0.15, 0.2) is 11.6 Å². The van der Waals surface area contributed by atoms with Gasteiger partial charge in [0.15, 0.2) is 0 Å². The van der Waals surface area contributed by atoms with Crippen LogP contribution < -0.4 is 5.32 Å². The molecular formula is C13H28NO2+. The largest absolute Gasteiger partial charge is 0.393 e. The van der Waals surface area contributed by atoms with Crippen molar-refractivity contribution < 1.29 is 15.5 Å². The van der Waals surface area contributed by atoms with Crippen LogP contribution >= 0.6 is 0 Å². The van der Waals surface area contributed by atoms with Crippen LogP contribution in [0.5, 0.6) is 0 Å². The van der Waals surface area contributed by atoms with Crippen molar-refractivity contribution in [2.45, 2.75) is 46.1 Å². The zero-order valence-electron chi connectivity index (χ0n) is 10.9. The van der Waals surface area contributed by atoms with Crippen molar-refractivity contribution in [1.82, 2.24) is 0 Å². The van der Waals surface area contributed by atoms with Crippen LogP contribution in [-0.4, -0.2) is 36.0 Å². The highest BCUT2D eigenvalue weighted by Crippen LogP contribution is 2.10. The Morgan fingerprint density at radius 2 is 2.00 bits per heavy atom. The second kappa shape index (κ2) is 9.82. The molecule has 0 aromatic carbocycles. The van der Waals surface area contributed by atoms with Crippen LogP contribution in [0.25, 0.3) is 0 Å². The second-order valence-corrected chi connectivity index (χ2v) is 4.90. The normalized spacial score (nSPS) is 14.6. The smallest absolute Gasteiger partial charge is 0.126 e. The van der Waals surface area contributed by atoms with Gasteiger partial charge in [-0.2, -0.15) is 0 Å². The van der Waals surface area contributed by atoms with E-state index < -0.39 is 6.10 Å². The Bertz CT molecular complexity index is 188. The summed E-state index contributed by atoms with van der Waals surface area (Å²) < 4.78 is 0. The highest BCUT2D eigenvalue weighted by atomic mass is 16.3. The minimum absolute atomic E-state index is 0.132. The van der Waals surface area contributed by atoms with E-state index in [-0.39, 0.29) is 6.61 Å². The SMILES string of the molecule is CC(C)=CCC[C@@H](C)CC[NH2+]C[C@H](O)CO. The molecule has 0 aliphatic carbocycles. The average molecular weight is 230 g/mol. The van der Waals surface area contributed by atoms with Crippen molar-refractivity contribution in [2.75, 3.05) is 19.7 Å². The van der Waals surface area contributed by atoms with Crippen molar-refractivity contribution in [3.05, 3.63) is 11.6 Å². The van der Waals surface area contributed by atoms with Gasteiger partial charge in [-0.25, -0.2) is 0 Å². The quantitative estimate of drug-likeness (QED) is 0.403. The maximum Gasteiger partial charge on any atom is 0.126 e. The van der Waals surface area contributed by atoms with Gasteiger partial charge >= 0.3 is 0 Å². The monoisotopic (exact) mass is 230 g/mol. The van der Waals surface area contributed by atoms with Gasteiger partial charge < -0.3 is 15.5 Å². The number of nitrogens with two attached hydrogens (primary N) is 1. The number of hydrogen-bond acceptors (Lipinski definition) is 2. The molecule has 0 aliphatic heterocycles. The molecule has 0 rings (SSSR count). The summed E-state index contributed by atoms with van der Waals surface area (Å²) in [6.45, 7) is 8.05.